The Balaban J connectivity index is 1.86. The van der Waals surface area contributed by atoms with Crippen LogP contribution < -0.4 is 4.74 Å². The first kappa shape index (κ1) is 21.0. The van der Waals surface area contributed by atoms with Crippen LogP contribution in [0.5, 0.6) is 5.75 Å². The number of alkyl halides is 2. The lowest BCUT2D eigenvalue weighted by Crippen LogP contribution is -2.58. The molecule has 11 heteroatoms. The van der Waals surface area contributed by atoms with E-state index in [1.54, 1.807) is 0 Å². The Bertz CT molecular complexity index is 1120. The molecule has 1 N–H and O–H groups in total. The van der Waals surface area contributed by atoms with Crippen molar-refractivity contribution in [1.82, 2.24) is 9.29 Å². The number of hydrogen-bond donors (Lipinski definition) is 1. The molecule has 0 atom stereocenters. The molecular formula is C18H13ClF2N2O5S. The summed E-state index contributed by atoms with van der Waals surface area (Å²) >= 11 is 5.93. The highest BCUT2D eigenvalue weighted by molar-refractivity contribution is 7.89. The molecule has 1 saturated heterocycles. The van der Waals surface area contributed by atoms with Gasteiger partial charge in [0.15, 0.2) is 6.61 Å². The Morgan fingerprint density at radius 3 is 2.66 bits per heavy atom. The van der Waals surface area contributed by atoms with Gasteiger partial charge in [-0.05, 0) is 24.3 Å². The van der Waals surface area contributed by atoms with E-state index in [1.807, 2.05) is 0 Å². The van der Waals surface area contributed by atoms with Gasteiger partial charge in [-0.25, -0.2) is 22.0 Å². The van der Waals surface area contributed by atoms with Crippen LogP contribution in [0, 0.1) is 11.8 Å². The first-order valence-corrected chi connectivity index (χ1v) is 9.88. The molecule has 0 aliphatic carbocycles. The van der Waals surface area contributed by atoms with Gasteiger partial charge in [-0.15, -0.1) is 0 Å². The maximum Gasteiger partial charge on any atom is 0.341 e. The molecule has 1 aliphatic heterocycles. The summed E-state index contributed by atoms with van der Waals surface area (Å²) in [5.41, 5.74) is 0.497. The second-order valence-electron chi connectivity index (χ2n) is 6.11. The Hall–Kier alpha value is -2.74. The second-order valence-corrected chi connectivity index (χ2v) is 8.49. The van der Waals surface area contributed by atoms with Crippen molar-refractivity contribution < 1.29 is 31.8 Å². The van der Waals surface area contributed by atoms with Crippen molar-refractivity contribution in [2.75, 3.05) is 19.7 Å². The summed E-state index contributed by atoms with van der Waals surface area (Å²) in [6, 6.07) is 5.63. The van der Waals surface area contributed by atoms with Crippen LogP contribution >= 0.6 is 11.6 Å². The van der Waals surface area contributed by atoms with Gasteiger partial charge in [0, 0.05) is 23.0 Å². The fourth-order valence-corrected chi connectivity index (χ4v) is 4.08. The average molecular weight is 443 g/mol. The number of carboxylic acids is 1. The lowest BCUT2D eigenvalue weighted by atomic mass is 10.2. The summed E-state index contributed by atoms with van der Waals surface area (Å²) in [5.74, 6) is 1.40. The van der Waals surface area contributed by atoms with Gasteiger partial charge in [0.05, 0.1) is 18.7 Å². The number of carbonyl (C=O) groups is 1. The maximum absolute atomic E-state index is 13.0. The molecule has 0 unspecified atom stereocenters. The Labute approximate surface area is 169 Å². The maximum atomic E-state index is 13.0. The van der Waals surface area contributed by atoms with Crippen LogP contribution in [0.1, 0.15) is 11.1 Å². The minimum Gasteiger partial charge on any atom is -0.481 e. The van der Waals surface area contributed by atoms with E-state index in [0.29, 0.717) is 9.33 Å². The predicted molar refractivity (Wildman–Crippen MR) is 98.5 cm³/mol. The molecule has 0 bridgehead atoms. The first-order chi connectivity index (χ1) is 13.6. The number of carboxylic acid groups (broad SMARTS) is 1. The van der Waals surface area contributed by atoms with Crippen LogP contribution in [0.15, 0.2) is 41.6 Å². The summed E-state index contributed by atoms with van der Waals surface area (Å²) in [7, 11) is -4.10. The monoisotopic (exact) mass is 442 g/mol. The highest BCUT2D eigenvalue weighted by Crippen LogP contribution is 2.32. The highest BCUT2D eigenvalue weighted by atomic mass is 35.5. The van der Waals surface area contributed by atoms with Gasteiger partial charge in [-0.3, -0.25) is 4.98 Å². The van der Waals surface area contributed by atoms with Gasteiger partial charge in [0.2, 0.25) is 10.0 Å². The molecule has 1 aliphatic rings. The van der Waals surface area contributed by atoms with E-state index < -0.39 is 41.6 Å². The molecule has 152 valence electrons. The lowest BCUT2D eigenvalue weighted by molar-refractivity contribution is -0.139. The van der Waals surface area contributed by atoms with E-state index in [0.717, 1.165) is 6.20 Å². The van der Waals surface area contributed by atoms with Gasteiger partial charge >= 0.3 is 5.97 Å². The molecular weight excluding hydrogens is 430 g/mol. The third kappa shape index (κ3) is 5.00. The summed E-state index contributed by atoms with van der Waals surface area (Å²) in [6.07, 6.45) is 2.36. The predicted octanol–water partition coefficient (Wildman–Crippen LogP) is 2.24. The number of aliphatic carboxylic acids is 1. The number of halogens is 3. The van der Waals surface area contributed by atoms with Crippen LogP contribution in [-0.2, 0) is 14.8 Å². The zero-order valence-corrected chi connectivity index (χ0v) is 16.2. The molecule has 7 nitrogen and oxygen atoms in total. The van der Waals surface area contributed by atoms with Gasteiger partial charge < -0.3 is 9.84 Å². The van der Waals surface area contributed by atoms with Crippen LogP contribution in [0.3, 0.4) is 0 Å². The molecule has 0 radical (unpaired) electrons. The molecule has 1 aromatic carbocycles. The number of aromatic nitrogens is 1. The van der Waals surface area contributed by atoms with E-state index in [1.165, 1.54) is 30.5 Å². The van der Waals surface area contributed by atoms with Crippen LogP contribution in [0.4, 0.5) is 8.78 Å². The zero-order valence-electron chi connectivity index (χ0n) is 14.6. The number of ether oxygens (including phenoxy) is 1. The van der Waals surface area contributed by atoms with Crippen molar-refractivity contribution >= 4 is 27.6 Å². The summed E-state index contributed by atoms with van der Waals surface area (Å²) in [6.45, 7) is -2.33. The Morgan fingerprint density at radius 2 is 2.00 bits per heavy atom. The van der Waals surface area contributed by atoms with Gasteiger partial charge in [0.1, 0.15) is 10.6 Å². The molecule has 2 heterocycles. The number of rotatable bonds is 5. The molecule has 0 spiro atoms. The average Bonchev–Trinajstić information content (AvgIpc) is 2.63. The van der Waals surface area contributed by atoms with E-state index in [9.17, 15) is 22.0 Å². The highest BCUT2D eigenvalue weighted by Gasteiger charge is 2.49. The number of pyridine rings is 1. The molecule has 1 fully saturated rings. The van der Waals surface area contributed by atoms with Crippen molar-refractivity contribution in [2.45, 2.75) is 10.8 Å². The summed E-state index contributed by atoms with van der Waals surface area (Å²) in [4.78, 5) is 14.2. The number of benzene rings is 1. The zero-order chi connectivity index (χ0) is 21.2. The van der Waals surface area contributed by atoms with Crippen LogP contribution in [-0.4, -0.2) is 54.4 Å². The molecule has 0 amide bonds. The third-order valence-electron chi connectivity index (χ3n) is 3.80. The SMILES string of the molecule is O=C(O)COc1ccc(Cl)cc1C#Cc1cncc(S(=O)(=O)N2CC(F)(F)C2)c1. The molecule has 3 rings (SSSR count). The summed E-state index contributed by atoms with van der Waals surface area (Å²) < 4.78 is 56.6. The van der Waals surface area contributed by atoms with Crippen molar-refractivity contribution in [2.24, 2.45) is 0 Å². The number of hydrogen-bond acceptors (Lipinski definition) is 5. The van der Waals surface area contributed by atoms with Gasteiger partial charge in [0.25, 0.3) is 5.92 Å². The van der Waals surface area contributed by atoms with Crippen molar-refractivity contribution in [3.63, 3.8) is 0 Å². The van der Waals surface area contributed by atoms with Crippen molar-refractivity contribution in [1.29, 1.82) is 0 Å². The van der Waals surface area contributed by atoms with Crippen LogP contribution in [0.25, 0.3) is 0 Å². The van der Waals surface area contributed by atoms with E-state index in [4.69, 9.17) is 21.4 Å². The largest absolute Gasteiger partial charge is 0.481 e. The quantitative estimate of drug-likeness (QED) is 0.713. The molecule has 0 saturated carbocycles. The normalized spacial score (nSPS) is 15.7. The Kier molecular flexibility index (Phi) is 5.75. The Morgan fingerprint density at radius 1 is 1.28 bits per heavy atom. The number of nitrogens with zero attached hydrogens (tertiary/aromatic N) is 2. The third-order valence-corrected chi connectivity index (χ3v) is 5.79. The summed E-state index contributed by atoms with van der Waals surface area (Å²) in [5, 5.41) is 9.07. The van der Waals surface area contributed by atoms with Crippen molar-refractivity contribution in [3.05, 3.63) is 52.8 Å². The minimum absolute atomic E-state index is 0.184. The smallest absolute Gasteiger partial charge is 0.341 e. The minimum atomic E-state index is -4.10. The fourth-order valence-electron chi connectivity index (χ4n) is 2.42. The fraction of sp³-hybridized carbons (Fsp3) is 0.222. The second kappa shape index (κ2) is 7.94. The molecule has 29 heavy (non-hydrogen) atoms. The molecule has 2 aromatic rings. The van der Waals surface area contributed by atoms with E-state index in [2.05, 4.69) is 16.8 Å². The van der Waals surface area contributed by atoms with Gasteiger partial charge in [-0.1, -0.05) is 23.4 Å². The van der Waals surface area contributed by atoms with Gasteiger partial charge in [-0.2, -0.15) is 4.31 Å². The standard InChI is InChI=1S/C18H13ClF2N2O5S/c19-14-3-4-16(28-9-17(24)25)13(6-14)2-1-12-5-15(8-22-7-12)29(26,27)23-10-18(20,21)11-23/h3-8H,9-11H2,(H,24,25). The molecule has 1 aromatic heterocycles. The number of sulfonamides is 1. The topological polar surface area (TPSA) is 96.8 Å². The van der Waals surface area contributed by atoms with E-state index in [-0.39, 0.29) is 21.8 Å². The lowest BCUT2D eigenvalue weighted by Gasteiger charge is -2.37. The van der Waals surface area contributed by atoms with Crippen molar-refractivity contribution in [3.8, 4) is 17.6 Å². The van der Waals surface area contributed by atoms with Crippen LogP contribution in [0.2, 0.25) is 5.02 Å². The van der Waals surface area contributed by atoms with E-state index >= 15 is 0 Å². The first-order valence-electron chi connectivity index (χ1n) is 8.06.